The topological polar surface area (TPSA) is 54.8 Å². The van der Waals surface area contributed by atoms with Crippen LogP contribution in [0, 0.1) is 0 Å². The maximum atomic E-state index is 9.23. The minimum Gasteiger partial charge on any atom is -0.391 e. The molecule has 0 radical (unpaired) electrons. The minimum atomic E-state index is 0.0285. The molecule has 90 valence electrons. The molecule has 1 fully saturated rings. The molecule has 6 heteroatoms. The van der Waals surface area contributed by atoms with Gasteiger partial charge >= 0.3 is 0 Å². The SMILES string of the molecule is COCc1nc(N2CCOCC2)sc1CO. The number of aliphatic hydroxyl groups is 1. The monoisotopic (exact) mass is 244 g/mol. The van der Waals surface area contributed by atoms with Crippen molar-refractivity contribution in [2.24, 2.45) is 0 Å². The Balaban J connectivity index is 2.14. The zero-order valence-electron chi connectivity index (χ0n) is 9.31. The number of aromatic nitrogens is 1. The molecule has 0 unspecified atom stereocenters. The van der Waals surface area contributed by atoms with E-state index in [1.54, 1.807) is 7.11 Å². The fourth-order valence-corrected chi connectivity index (χ4v) is 2.61. The number of hydrogen-bond donors (Lipinski definition) is 1. The van der Waals surface area contributed by atoms with Crippen molar-refractivity contribution in [2.75, 3.05) is 38.3 Å². The van der Waals surface area contributed by atoms with Gasteiger partial charge in [-0.15, -0.1) is 0 Å². The van der Waals surface area contributed by atoms with Crippen LogP contribution in [0.3, 0.4) is 0 Å². The normalized spacial score (nSPS) is 16.8. The van der Waals surface area contributed by atoms with Gasteiger partial charge in [0, 0.05) is 20.2 Å². The Morgan fingerprint density at radius 3 is 2.88 bits per heavy atom. The Morgan fingerprint density at radius 1 is 1.50 bits per heavy atom. The van der Waals surface area contributed by atoms with Gasteiger partial charge in [-0.1, -0.05) is 11.3 Å². The van der Waals surface area contributed by atoms with Crippen LogP contribution in [0.4, 0.5) is 5.13 Å². The molecule has 0 saturated carbocycles. The van der Waals surface area contributed by atoms with Crippen LogP contribution in [-0.2, 0) is 22.7 Å². The summed E-state index contributed by atoms with van der Waals surface area (Å²) < 4.78 is 10.4. The number of methoxy groups -OCH3 is 1. The Morgan fingerprint density at radius 2 is 2.25 bits per heavy atom. The van der Waals surface area contributed by atoms with Gasteiger partial charge < -0.3 is 19.5 Å². The van der Waals surface area contributed by atoms with Crippen LogP contribution >= 0.6 is 11.3 Å². The number of hydrogen-bond acceptors (Lipinski definition) is 6. The van der Waals surface area contributed by atoms with Crippen molar-refractivity contribution >= 4 is 16.5 Å². The molecule has 16 heavy (non-hydrogen) atoms. The zero-order chi connectivity index (χ0) is 11.4. The van der Waals surface area contributed by atoms with Gasteiger partial charge in [-0.05, 0) is 0 Å². The van der Waals surface area contributed by atoms with E-state index in [-0.39, 0.29) is 6.61 Å². The van der Waals surface area contributed by atoms with Gasteiger partial charge in [-0.2, -0.15) is 0 Å². The lowest BCUT2D eigenvalue weighted by Crippen LogP contribution is -2.36. The third-order valence-corrected chi connectivity index (χ3v) is 3.62. The molecule has 1 aromatic heterocycles. The number of morpholine rings is 1. The minimum absolute atomic E-state index is 0.0285. The van der Waals surface area contributed by atoms with Crippen LogP contribution in [0.25, 0.3) is 0 Å². The molecule has 5 nitrogen and oxygen atoms in total. The molecule has 0 bridgehead atoms. The second kappa shape index (κ2) is 5.58. The highest BCUT2D eigenvalue weighted by atomic mass is 32.1. The number of nitrogens with zero attached hydrogens (tertiary/aromatic N) is 2. The van der Waals surface area contributed by atoms with Crippen molar-refractivity contribution < 1.29 is 14.6 Å². The molecule has 1 aromatic rings. The van der Waals surface area contributed by atoms with Gasteiger partial charge in [0.15, 0.2) is 5.13 Å². The summed E-state index contributed by atoms with van der Waals surface area (Å²) in [6.07, 6.45) is 0. The van der Waals surface area contributed by atoms with Crippen molar-refractivity contribution in [2.45, 2.75) is 13.2 Å². The van der Waals surface area contributed by atoms with Crippen LogP contribution < -0.4 is 4.90 Å². The van der Waals surface area contributed by atoms with Crippen LogP contribution in [0.2, 0.25) is 0 Å². The predicted octanol–water partition coefficient (Wildman–Crippen LogP) is 0.618. The lowest BCUT2D eigenvalue weighted by Gasteiger charge is -2.26. The maximum absolute atomic E-state index is 9.23. The average Bonchev–Trinajstić information content (AvgIpc) is 2.74. The summed E-state index contributed by atoms with van der Waals surface area (Å²) in [5, 5.41) is 10.2. The molecule has 0 aliphatic carbocycles. The van der Waals surface area contributed by atoms with E-state index in [2.05, 4.69) is 9.88 Å². The van der Waals surface area contributed by atoms with Crippen LogP contribution in [0.5, 0.6) is 0 Å². The molecule has 2 heterocycles. The van der Waals surface area contributed by atoms with Gasteiger partial charge in [-0.3, -0.25) is 0 Å². The molecule has 1 aliphatic heterocycles. The van der Waals surface area contributed by atoms with Gasteiger partial charge in [0.25, 0.3) is 0 Å². The maximum Gasteiger partial charge on any atom is 0.186 e. The largest absolute Gasteiger partial charge is 0.391 e. The van der Waals surface area contributed by atoms with E-state index in [1.165, 1.54) is 11.3 Å². The summed E-state index contributed by atoms with van der Waals surface area (Å²) in [6.45, 7) is 3.70. The summed E-state index contributed by atoms with van der Waals surface area (Å²) in [4.78, 5) is 7.58. The van der Waals surface area contributed by atoms with Crippen LogP contribution in [0.15, 0.2) is 0 Å². The third kappa shape index (κ3) is 2.52. The van der Waals surface area contributed by atoms with Gasteiger partial charge in [-0.25, -0.2) is 4.98 Å². The van der Waals surface area contributed by atoms with E-state index in [1.807, 2.05) is 0 Å². The standard InChI is InChI=1S/C10H16N2O3S/c1-14-7-8-9(6-13)16-10(11-8)12-2-4-15-5-3-12/h13H,2-7H2,1H3. The Bertz CT molecular complexity index is 337. The third-order valence-electron chi connectivity index (χ3n) is 2.47. The van der Waals surface area contributed by atoms with E-state index in [0.717, 1.165) is 42.0 Å². The number of aliphatic hydroxyl groups excluding tert-OH is 1. The molecule has 2 rings (SSSR count). The fourth-order valence-electron chi connectivity index (χ4n) is 1.63. The first-order chi connectivity index (χ1) is 7.85. The number of thiazole rings is 1. The molecule has 1 saturated heterocycles. The first kappa shape index (κ1) is 11.8. The predicted molar refractivity (Wildman–Crippen MR) is 61.8 cm³/mol. The van der Waals surface area contributed by atoms with E-state index in [0.29, 0.717) is 6.61 Å². The van der Waals surface area contributed by atoms with Crippen LogP contribution in [0.1, 0.15) is 10.6 Å². The highest BCUT2D eigenvalue weighted by molar-refractivity contribution is 7.15. The second-order valence-corrected chi connectivity index (χ2v) is 4.62. The highest BCUT2D eigenvalue weighted by Crippen LogP contribution is 2.27. The van der Waals surface area contributed by atoms with Gasteiger partial charge in [0.2, 0.25) is 0 Å². The molecule has 0 amide bonds. The van der Waals surface area contributed by atoms with E-state index in [9.17, 15) is 5.11 Å². The van der Waals surface area contributed by atoms with Crippen molar-refractivity contribution in [1.29, 1.82) is 0 Å². The van der Waals surface area contributed by atoms with E-state index in [4.69, 9.17) is 9.47 Å². The first-order valence-corrected chi connectivity index (χ1v) is 6.08. The molecule has 1 N–H and O–H groups in total. The Hall–Kier alpha value is -0.690. The fraction of sp³-hybridized carbons (Fsp3) is 0.700. The Labute approximate surface area is 98.6 Å². The Kier molecular flexibility index (Phi) is 4.11. The first-order valence-electron chi connectivity index (χ1n) is 5.26. The molecule has 0 aromatic carbocycles. The van der Waals surface area contributed by atoms with E-state index < -0.39 is 0 Å². The van der Waals surface area contributed by atoms with Crippen molar-refractivity contribution in [3.05, 3.63) is 10.6 Å². The quantitative estimate of drug-likeness (QED) is 0.841. The van der Waals surface area contributed by atoms with Crippen molar-refractivity contribution in [3.63, 3.8) is 0 Å². The summed E-state index contributed by atoms with van der Waals surface area (Å²) in [7, 11) is 1.63. The summed E-state index contributed by atoms with van der Waals surface area (Å²) in [5.41, 5.74) is 0.844. The lowest BCUT2D eigenvalue weighted by molar-refractivity contribution is 0.122. The lowest BCUT2D eigenvalue weighted by atomic mass is 10.4. The van der Waals surface area contributed by atoms with Gasteiger partial charge in [0.1, 0.15) is 0 Å². The summed E-state index contributed by atoms with van der Waals surface area (Å²) in [5.74, 6) is 0. The summed E-state index contributed by atoms with van der Waals surface area (Å²) >= 11 is 1.54. The molecule has 0 atom stereocenters. The van der Waals surface area contributed by atoms with Crippen molar-refractivity contribution in [1.82, 2.24) is 4.98 Å². The molecule has 1 aliphatic rings. The molecule has 0 spiro atoms. The van der Waals surface area contributed by atoms with Gasteiger partial charge in [0.05, 0.1) is 37.0 Å². The zero-order valence-corrected chi connectivity index (χ0v) is 10.1. The number of anilines is 1. The average molecular weight is 244 g/mol. The smallest absolute Gasteiger partial charge is 0.186 e. The molecular weight excluding hydrogens is 228 g/mol. The number of ether oxygens (including phenoxy) is 2. The van der Waals surface area contributed by atoms with E-state index >= 15 is 0 Å². The van der Waals surface area contributed by atoms with Crippen LogP contribution in [-0.4, -0.2) is 43.5 Å². The van der Waals surface area contributed by atoms with Crippen molar-refractivity contribution in [3.8, 4) is 0 Å². The number of rotatable bonds is 4. The molecular formula is C10H16N2O3S. The second-order valence-electron chi connectivity index (χ2n) is 3.56. The summed E-state index contributed by atoms with van der Waals surface area (Å²) in [6, 6.07) is 0. The highest BCUT2D eigenvalue weighted by Gasteiger charge is 2.17.